The Balaban J connectivity index is 3.63. The van der Waals surface area contributed by atoms with Crippen molar-refractivity contribution in [3.8, 4) is 0 Å². The normalized spacial score (nSPS) is 12.5. The highest BCUT2D eigenvalue weighted by atomic mass is 79.9. The number of alkyl halides is 1. The zero-order valence-electron chi connectivity index (χ0n) is 9.31. The molecule has 3 heteroatoms. The lowest BCUT2D eigenvalue weighted by molar-refractivity contribution is -0.121. The molecule has 0 aliphatic rings. The van der Waals surface area contributed by atoms with E-state index in [1.54, 1.807) is 0 Å². The zero-order valence-corrected chi connectivity index (χ0v) is 10.9. The topological polar surface area (TPSA) is 29.1 Å². The molecular formula is C11H22BrNO. The number of halogens is 1. The van der Waals surface area contributed by atoms with Crippen LogP contribution in [-0.4, -0.2) is 17.8 Å². The molecule has 14 heavy (non-hydrogen) atoms. The number of hydrogen-bond donors (Lipinski definition) is 1. The van der Waals surface area contributed by atoms with Crippen molar-refractivity contribution in [3.05, 3.63) is 0 Å². The molecule has 0 bridgehead atoms. The smallest absolute Gasteiger partial charge is 0.219 e. The highest BCUT2D eigenvalue weighted by Crippen LogP contribution is 2.11. The van der Waals surface area contributed by atoms with Crippen LogP contribution in [0.2, 0.25) is 0 Å². The van der Waals surface area contributed by atoms with Gasteiger partial charge in [-0.2, -0.15) is 0 Å². The molecule has 0 aliphatic heterocycles. The van der Waals surface area contributed by atoms with Gasteiger partial charge < -0.3 is 5.32 Å². The number of carbonyl (C=O) groups excluding carboxylic acids is 1. The Kier molecular flexibility index (Phi) is 9.47. The van der Waals surface area contributed by atoms with Crippen LogP contribution in [0.3, 0.4) is 0 Å². The maximum Gasteiger partial charge on any atom is 0.219 e. The number of hydrogen-bond acceptors (Lipinski definition) is 1. The Labute approximate surface area is 96.0 Å². The van der Waals surface area contributed by atoms with E-state index in [2.05, 4.69) is 28.2 Å². The third kappa shape index (κ3) is 7.36. The molecule has 0 saturated heterocycles. The molecule has 1 atom stereocenters. The molecule has 0 heterocycles. The van der Waals surface area contributed by atoms with E-state index in [9.17, 15) is 4.79 Å². The van der Waals surface area contributed by atoms with E-state index in [0.717, 1.165) is 24.7 Å². The molecule has 0 aromatic rings. The summed E-state index contributed by atoms with van der Waals surface area (Å²) in [5.74, 6) is 0.836. The largest absolute Gasteiger partial charge is 0.356 e. The standard InChI is InChI=1S/C11H22BrNO/c1-3-5-10(7-8-12)9-13-11(14)6-4-2/h10H,3-9H2,1-2H3,(H,13,14). The molecule has 0 aliphatic carbocycles. The summed E-state index contributed by atoms with van der Waals surface area (Å²) in [7, 11) is 0. The number of carbonyl (C=O) groups is 1. The minimum absolute atomic E-state index is 0.197. The summed E-state index contributed by atoms with van der Waals surface area (Å²) in [6, 6.07) is 0. The van der Waals surface area contributed by atoms with Gasteiger partial charge in [0.2, 0.25) is 5.91 Å². The fourth-order valence-corrected chi connectivity index (χ4v) is 2.13. The third-order valence-corrected chi connectivity index (χ3v) is 2.74. The molecule has 0 spiro atoms. The molecule has 1 N–H and O–H groups in total. The summed E-state index contributed by atoms with van der Waals surface area (Å²) in [5.41, 5.74) is 0. The van der Waals surface area contributed by atoms with Crippen LogP contribution >= 0.6 is 15.9 Å². The van der Waals surface area contributed by atoms with Gasteiger partial charge in [-0.1, -0.05) is 36.2 Å². The lowest BCUT2D eigenvalue weighted by Gasteiger charge is -2.15. The van der Waals surface area contributed by atoms with Crippen molar-refractivity contribution in [3.63, 3.8) is 0 Å². The molecule has 84 valence electrons. The summed E-state index contributed by atoms with van der Waals surface area (Å²) < 4.78 is 0. The van der Waals surface area contributed by atoms with E-state index >= 15 is 0 Å². The molecule has 1 unspecified atom stereocenters. The first kappa shape index (κ1) is 13.9. The van der Waals surface area contributed by atoms with E-state index in [0.29, 0.717) is 12.3 Å². The van der Waals surface area contributed by atoms with E-state index in [1.165, 1.54) is 12.8 Å². The van der Waals surface area contributed by atoms with Gasteiger partial charge in [0.15, 0.2) is 0 Å². The van der Waals surface area contributed by atoms with Crippen molar-refractivity contribution in [1.82, 2.24) is 5.32 Å². The van der Waals surface area contributed by atoms with Crippen molar-refractivity contribution in [1.29, 1.82) is 0 Å². The summed E-state index contributed by atoms with van der Waals surface area (Å²) in [4.78, 5) is 11.2. The zero-order chi connectivity index (χ0) is 10.8. The molecule has 2 nitrogen and oxygen atoms in total. The first-order valence-electron chi connectivity index (χ1n) is 5.57. The average Bonchev–Trinajstić information content (AvgIpc) is 2.15. The van der Waals surface area contributed by atoms with Crippen LogP contribution in [0.15, 0.2) is 0 Å². The lowest BCUT2D eigenvalue weighted by Crippen LogP contribution is -2.29. The van der Waals surface area contributed by atoms with Crippen molar-refractivity contribution in [2.24, 2.45) is 5.92 Å². The first-order chi connectivity index (χ1) is 6.74. The monoisotopic (exact) mass is 263 g/mol. The Hall–Kier alpha value is -0.0500. The summed E-state index contributed by atoms with van der Waals surface area (Å²) >= 11 is 3.45. The Morgan fingerprint density at radius 3 is 2.50 bits per heavy atom. The summed E-state index contributed by atoms with van der Waals surface area (Å²) in [6.07, 6.45) is 5.15. The second-order valence-corrected chi connectivity index (χ2v) is 4.48. The van der Waals surface area contributed by atoms with Crippen molar-refractivity contribution >= 4 is 21.8 Å². The second kappa shape index (κ2) is 9.50. The van der Waals surface area contributed by atoms with Crippen LogP contribution in [-0.2, 0) is 4.79 Å². The third-order valence-electron chi connectivity index (χ3n) is 2.28. The minimum atomic E-state index is 0.197. The van der Waals surface area contributed by atoms with Gasteiger partial charge in [0.1, 0.15) is 0 Å². The minimum Gasteiger partial charge on any atom is -0.356 e. The molecule has 0 aromatic heterocycles. The van der Waals surface area contributed by atoms with Crippen LogP contribution in [0.5, 0.6) is 0 Å². The van der Waals surface area contributed by atoms with Gasteiger partial charge in [0, 0.05) is 18.3 Å². The van der Waals surface area contributed by atoms with E-state index in [-0.39, 0.29) is 5.91 Å². The van der Waals surface area contributed by atoms with Crippen LogP contribution < -0.4 is 5.32 Å². The number of rotatable bonds is 8. The highest BCUT2D eigenvalue weighted by Gasteiger charge is 2.08. The van der Waals surface area contributed by atoms with Gasteiger partial charge in [0.25, 0.3) is 0 Å². The predicted octanol–water partition coefficient (Wildman–Crippen LogP) is 3.10. The lowest BCUT2D eigenvalue weighted by atomic mass is 10.0. The number of nitrogens with one attached hydrogen (secondary N) is 1. The summed E-state index contributed by atoms with van der Waals surface area (Å²) in [5, 5.41) is 4.02. The van der Waals surface area contributed by atoms with E-state index < -0.39 is 0 Å². The number of amides is 1. The van der Waals surface area contributed by atoms with Gasteiger partial charge in [-0.25, -0.2) is 0 Å². The van der Waals surface area contributed by atoms with Gasteiger partial charge in [-0.05, 0) is 25.2 Å². The van der Waals surface area contributed by atoms with Gasteiger partial charge in [-0.3, -0.25) is 4.79 Å². The molecule has 1 amide bonds. The Morgan fingerprint density at radius 2 is 2.00 bits per heavy atom. The average molecular weight is 264 g/mol. The summed E-state index contributed by atoms with van der Waals surface area (Å²) in [6.45, 7) is 5.06. The van der Waals surface area contributed by atoms with E-state index in [1.807, 2.05) is 6.92 Å². The SMILES string of the molecule is CCCC(=O)NCC(CCC)CCBr. The predicted molar refractivity (Wildman–Crippen MR) is 64.7 cm³/mol. The van der Waals surface area contributed by atoms with Crippen molar-refractivity contribution < 1.29 is 4.79 Å². The fraction of sp³-hybridized carbons (Fsp3) is 0.909. The molecule has 0 radical (unpaired) electrons. The van der Waals surface area contributed by atoms with Gasteiger partial charge in [-0.15, -0.1) is 0 Å². The molecule has 0 saturated carbocycles. The van der Waals surface area contributed by atoms with Crippen LogP contribution in [0, 0.1) is 5.92 Å². The van der Waals surface area contributed by atoms with Crippen LogP contribution in [0.1, 0.15) is 46.0 Å². The maximum atomic E-state index is 11.2. The molecule has 0 fully saturated rings. The Bertz CT molecular complexity index is 144. The van der Waals surface area contributed by atoms with Gasteiger partial charge in [0.05, 0.1) is 0 Å². The van der Waals surface area contributed by atoms with Crippen molar-refractivity contribution in [2.75, 3.05) is 11.9 Å². The second-order valence-electron chi connectivity index (χ2n) is 3.69. The molecule has 0 aromatic carbocycles. The van der Waals surface area contributed by atoms with Crippen molar-refractivity contribution in [2.45, 2.75) is 46.0 Å². The molecular weight excluding hydrogens is 242 g/mol. The van der Waals surface area contributed by atoms with Crippen LogP contribution in [0.4, 0.5) is 0 Å². The quantitative estimate of drug-likeness (QED) is 0.670. The van der Waals surface area contributed by atoms with Gasteiger partial charge >= 0.3 is 0 Å². The Morgan fingerprint density at radius 1 is 1.29 bits per heavy atom. The van der Waals surface area contributed by atoms with E-state index in [4.69, 9.17) is 0 Å². The van der Waals surface area contributed by atoms with Crippen LogP contribution in [0.25, 0.3) is 0 Å². The highest BCUT2D eigenvalue weighted by molar-refractivity contribution is 9.09. The molecule has 0 rings (SSSR count). The first-order valence-corrected chi connectivity index (χ1v) is 6.69. The maximum absolute atomic E-state index is 11.2. The fourth-order valence-electron chi connectivity index (χ4n) is 1.48.